The molecule has 0 amide bonds. The monoisotopic (exact) mass is 523 g/mol. The quantitative estimate of drug-likeness (QED) is 0.0579. The zero-order chi connectivity index (χ0) is 27.1. The summed E-state index contributed by atoms with van der Waals surface area (Å²) in [4.78, 5) is 11.9. The number of aliphatic hydroxyl groups excluding tert-OH is 1. The summed E-state index contributed by atoms with van der Waals surface area (Å²) in [5, 5.41) is 9.97. The summed E-state index contributed by atoms with van der Waals surface area (Å²) in [5.74, 6) is -0.00845. The van der Waals surface area contributed by atoms with Crippen molar-refractivity contribution in [3.05, 3.63) is 12.2 Å². The van der Waals surface area contributed by atoms with E-state index >= 15 is 0 Å². The lowest BCUT2D eigenvalue weighted by Crippen LogP contribution is -2.05. The number of ether oxygens (including phenoxy) is 1. The van der Waals surface area contributed by atoms with Gasteiger partial charge >= 0.3 is 5.97 Å². The molecule has 0 radical (unpaired) electrons. The molecular formula is C34H66O3. The van der Waals surface area contributed by atoms with E-state index in [1.54, 1.807) is 0 Å². The van der Waals surface area contributed by atoms with Crippen molar-refractivity contribution in [2.75, 3.05) is 6.61 Å². The molecule has 0 saturated heterocycles. The summed E-state index contributed by atoms with van der Waals surface area (Å²) >= 11 is 0. The van der Waals surface area contributed by atoms with Gasteiger partial charge in [-0.3, -0.25) is 4.79 Å². The first-order valence-electron chi connectivity index (χ1n) is 16.7. The maximum atomic E-state index is 11.9. The molecule has 37 heavy (non-hydrogen) atoms. The number of aliphatic hydroxyl groups is 1. The van der Waals surface area contributed by atoms with E-state index in [1.165, 1.54) is 122 Å². The molecule has 0 bridgehead atoms. The number of allylic oxidation sites excluding steroid dienone is 1. The molecule has 0 aromatic rings. The number of carbonyl (C=O) groups is 1. The van der Waals surface area contributed by atoms with Gasteiger partial charge in [0.25, 0.3) is 0 Å². The highest BCUT2D eigenvalue weighted by Crippen LogP contribution is 2.14. The molecule has 0 aliphatic rings. The lowest BCUT2D eigenvalue weighted by atomic mass is 10.0. The van der Waals surface area contributed by atoms with Crippen LogP contribution in [-0.4, -0.2) is 23.8 Å². The molecule has 0 heterocycles. The van der Waals surface area contributed by atoms with E-state index in [0.717, 1.165) is 44.9 Å². The van der Waals surface area contributed by atoms with Crippen molar-refractivity contribution in [2.45, 2.75) is 193 Å². The molecule has 0 spiro atoms. The van der Waals surface area contributed by atoms with E-state index in [9.17, 15) is 9.90 Å². The highest BCUT2D eigenvalue weighted by Gasteiger charge is 2.03. The van der Waals surface area contributed by atoms with Gasteiger partial charge in [-0.1, -0.05) is 154 Å². The zero-order valence-corrected chi connectivity index (χ0v) is 25.3. The molecule has 0 fully saturated rings. The van der Waals surface area contributed by atoms with E-state index < -0.39 is 0 Å². The fourth-order valence-corrected chi connectivity index (χ4v) is 4.91. The van der Waals surface area contributed by atoms with Crippen molar-refractivity contribution in [2.24, 2.45) is 0 Å². The van der Waals surface area contributed by atoms with Crippen LogP contribution in [0.2, 0.25) is 0 Å². The van der Waals surface area contributed by atoms with Crippen LogP contribution in [-0.2, 0) is 9.53 Å². The minimum Gasteiger partial charge on any atom is -0.466 e. The Morgan fingerprint density at radius 1 is 0.595 bits per heavy atom. The summed E-state index contributed by atoms with van der Waals surface area (Å²) in [6.07, 6.45) is 37.1. The Morgan fingerprint density at radius 3 is 1.62 bits per heavy atom. The Balaban J connectivity index is 3.26. The average Bonchev–Trinajstić information content (AvgIpc) is 2.90. The number of esters is 1. The third-order valence-electron chi connectivity index (χ3n) is 7.48. The summed E-state index contributed by atoms with van der Waals surface area (Å²) in [6.45, 7) is 5.11. The topological polar surface area (TPSA) is 46.5 Å². The van der Waals surface area contributed by atoms with Gasteiger partial charge in [-0.2, -0.15) is 0 Å². The Labute approximate surface area is 232 Å². The van der Waals surface area contributed by atoms with Crippen molar-refractivity contribution in [1.82, 2.24) is 0 Å². The second-order valence-corrected chi connectivity index (χ2v) is 11.3. The molecule has 0 aliphatic carbocycles. The largest absolute Gasteiger partial charge is 0.466 e. The first-order valence-corrected chi connectivity index (χ1v) is 16.7. The molecule has 1 N–H and O–H groups in total. The van der Waals surface area contributed by atoms with Gasteiger partial charge in [-0.05, 0) is 38.5 Å². The Bertz CT molecular complexity index is 474. The third-order valence-corrected chi connectivity index (χ3v) is 7.48. The number of hydrogen-bond acceptors (Lipinski definition) is 3. The summed E-state index contributed by atoms with van der Waals surface area (Å²) < 4.78 is 5.41. The van der Waals surface area contributed by atoms with Crippen LogP contribution in [0.25, 0.3) is 0 Å². The van der Waals surface area contributed by atoms with Crippen LogP contribution in [0.1, 0.15) is 187 Å². The van der Waals surface area contributed by atoms with Crippen LogP contribution in [0, 0.1) is 0 Å². The Hall–Kier alpha value is -0.830. The van der Waals surface area contributed by atoms with E-state index in [4.69, 9.17) is 4.74 Å². The van der Waals surface area contributed by atoms with Crippen LogP contribution in [0.5, 0.6) is 0 Å². The van der Waals surface area contributed by atoms with Gasteiger partial charge in [0.15, 0.2) is 0 Å². The first-order chi connectivity index (χ1) is 18.2. The Kier molecular flexibility index (Phi) is 30.7. The smallest absolute Gasteiger partial charge is 0.305 e. The number of carbonyl (C=O) groups excluding carboxylic acids is 1. The minimum atomic E-state index is -0.165. The van der Waals surface area contributed by atoms with Crippen molar-refractivity contribution >= 4 is 5.97 Å². The normalized spacial score (nSPS) is 12.4. The maximum Gasteiger partial charge on any atom is 0.305 e. The average molecular weight is 523 g/mol. The summed E-state index contributed by atoms with van der Waals surface area (Å²) in [6, 6.07) is 0. The molecule has 1 atom stereocenters. The standard InChI is InChI=1S/C34H66O3/c1-3-5-7-9-10-11-12-13-14-15-18-21-24-28-32-37-34(36)31-27-23-20-17-16-19-22-26-30-33(35)29-25-8-6-4-2/h22,26,33,35H,3-21,23-25,27-32H2,1-2H3/b26-22+/t33-/m1/s1. The molecule has 0 aromatic carbocycles. The van der Waals surface area contributed by atoms with Gasteiger partial charge in [0.2, 0.25) is 0 Å². The summed E-state index contributed by atoms with van der Waals surface area (Å²) in [7, 11) is 0. The second-order valence-electron chi connectivity index (χ2n) is 11.3. The third kappa shape index (κ3) is 31.3. The van der Waals surface area contributed by atoms with Crippen molar-refractivity contribution in [3.8, 4) is 0 Å². The second kappa shape index (κ2) is 31.4. The SMILES string of the molecule is CCCCCCCCCCCCCCCCOC(=O)CCCCCCC/C=C/C[C@H](O)CCCCCC. The lowest BCUT2D eigenvalue weighted by molar-refractivity contribution is -0.143. The molecule has 0 saturated carbocycles. The van der Waals surface area contributed by atoms with E-state index in [-0.39, 0.29) is 12.1 Å². The van der Waals surface area contributed by atoms with E-state index in [0.29, 0.717) is 13.0 Å². The van der Waals surface area contributed by atoms with Crippen LogP contribution < -0.4 is 0 Å². The zero-order valence-electron chi connectivity index (χ0n) is 25.3. The van der Waals surface area contributed by atoms with Gasteiger partial charge in [-0.25, -0.2) is 0 Å². The summed E-state index contributed by atoms with van der Waals surface area (Å²) in [5.41, 5.74) is 0. The van der Waals surface area contributed by atoms with Crippen molar-refractivity contribution in [1.29, 1.82) is 0 Å². The van der Waals surface area contributed by atoms with Crippen LogP contribution in [0.4, 0.5) is 0 Å². The van der Waals surface area contributed by atoms with Gasteiger partial charge in [-0.15, -0.1) is 0 Å². The van der Waals surface area contributed by atoms with Gasteiger partial charge in [0.05, 0.1) is 12.7 Å². The molecule has 3 nitrogen and oxygen atoms in total. The van der Waals surface area contributed by atoms with E-state index in [1.807, 2.05) is 0 Å². The number of unbranched alkanes of at least 4 members (excludes halogenated alkanes) is 21. The van der Waals surface area contributed by atoms with Crippen LogP contribution >= 0.6 is 0 Å². The molecule has 220 valence electrons. The van der Waals surface area contributed by atoms with Gasteiger partial charge in [0.1, 0.15) is 0 Å². The van der Waals surface area contributed by atoms with E-state index in [2.05, 4.69) is 26.0 Å². The number of rotatable bonds is 30. The van der Waals surface area contributed by atoms with Crippen LogP contribution in [0.3, 0.4) is 0 Å². The van der Waals surface area contributed by atoms with Crippen molar-refractivity contribution < 1.29 is 14.6 Å². The predicted molar refractivity (Wildman–Crippen MR) is 162 cm³/mol. The molecule has 3 heteroatoms. The van der Waals surface area contributed by atoms with Crippen LogP contribution in [0.15, 0.2) is 12.2 Å². The highest BCUT2D eigenvalue weighted by molar-refractivity contribution is 5.69. The highest BCUT2D eigenvalue weighted by atomic mass is 16.5. The van der Waals surface area contributed by atoms with Gasteiger partial charge < -0.3 is 9.84 Å². The Morgan fingerprint density at radius 2 is 1.05 bits per heavy atom. The van der Waals surface area contributed by atoms with Gasteiger partial charge in [0, 0.05) is 6.42 Å². The fraction of sp³-hybridized carbons (Fsp3) is 0.912. The predicted octanol–water partition coefficient (Wildman–Crippen LogP) is 11.0. The lowest BCUT2D eigenvalue weighted by Gasteiger charge is -2.07. The molecule has 0 aromatic heterocycles. The molecule has 0 rings (SSSR count). The molecular weight excluding hydrogens is 456 g/mol. The first kappa shape index (κ1) is 36.2. The fourth-order valence-electron chi connectivity index (χ4n) is 4.91. The number of hydrogen-bond donors (Lipinski definition) is 1. The van der Waals surface area contributed by atoms with Crippen molar-refractivity contribution in [3.63, 3.8) is 0 Å². The molecule has 0 aliphatic heterocycles. The maximum absolute atomic E-state index is 11.9. The molecule has 0 unspecified atom stereocenters. The minimum absolute atomic E-state index is 0.00845.